The van der Waals surface area contributed by atoms with Gasteiger partial charge in [-0.2, -0.15) is 0 Å². The maximum atomic E-state index is 11.9. The molecule has 19 heavy (non-hydrogen) atoms. The van der Waals surface area contributed by atoms with Gasteiger partial charge in [-0.05, 0) is 45.4 Å². The first-order valence-corrected chi connectivity index (χ1v) is 6.32. The molecule has 2 aromatic rings. The molecule has 0 saturated carbocycles. The number of anilines is 1. The van der Waals surface area contributed by atoms with Crippen molar-refractivity contribution in [2.24, 2.45) is 7.05 Å². The monoisotopic (exact) mass is 260 g/mol. The third-order valence-electron chi connectivity index (χ3n) is 2.90. The molecular formula is C15H20N2O2. The maximum Gasteiger partial charge on any atom is 0.412 e. The highest BCUT2D eigenvalue weighted by Crippen LogP contribution is 2.28. The van der Waals surface area contributed by atoms with Gasteiger partial charge in [-0.3, -0.25) is 5.32 Å². The van der Waals surface area contributed by atoms with E-state index in [1.165, 1.54) is 0 Å². The Morgan fingerprint density at radius 2 is 1.95 bits per heavy atom. The number of hydrogen-bond donors (Lipinski definition) is 1. The van der Waals surface area contributed by atoms with Crippen LogP contribution in [0.5, 0.6) is 0 Å². The average Bonchev–Trinajstić information content (AvgIpc) is 2.62. The van der Waals surface area contributed by atoms with Gasteiger partial charge >= 0.3 is 6.09 Å². The Bertz CT molecular complexity index is 621. The lowest BCUT2D eigenvalue weighted by Crippen LogP contribution is -2.27. The van der Waals surface area contributed by atoms with E-state index >= 15 is 0 Å². The Morgan fingerprint density at radius 1 is 1.26 bits per heavy atom. The second-order valence-corrected chi connectivity index (χ2v) is 5.74. The molecule has 0 atom stereocenters. The summed E-state index contributed by atoms with van der Waals surface area (Å²) in [5.74, 6) is 0. The lowest BCUT2D eigenvalue weighted by molar-refractivity contribution is 0.0636. The molecule has 0 aliphatic carbocycles. The van der Waals surface area contributed by atoms with Crippen molar-refractivity contribution in [3.63, 3.8) is 0 Å². The first-order chi connectivity index (χ1) is 8.78. The van der Waals surface area contributed by atoms with Gasteiger partial charge in [0.05, 0.1) is 5.69 Å². The standard InChI is InChI=1S/C15H20N2O2/c1-10-6-7-12-11(8-9-17(12)5)13(10)16-14(18)19-15(2,3)4/h6-9H,1-5H3,(H,16,18). The molecule has 102 valence electrons. The fourth-order valence-electron chi connectivity index (χ4n) is 2.03. The number of ether oxygens (including phenoxy) is 1. The van der Waals surface area contributed by atoms with Gasteiger partial charge in [0.2, 0.25) is 0 Å². The molecule has 1 aromatic carbocycles. The number of nitrogens with zero attached hydrogens (tertiary/aromatic N) is 1. The summed E-state index contributed by atoms with van der Waals surface area (Å²) < 4.78 is 7.32. The van der Waals surface area contributed by atoms with Crippen molar-refractivity contribution >= 4 is 22.7 Å². The predicted octanol–water partition coefficient (Wildman–Crippen LogP) is 3.83. The van der Waals surface area contributed by atoms with Gasteiger partial charge in [-0.15, -0.1) is 0 Å². The van der Waals surface area contributed by atoms with Crippen LogP contribution < -0.4 is 5.32 Å². The first-order valence-electron chi connectivity index (χ1n) is 6.32. The molecule has 1 N–H and O–H groups in total. The molecule has 1 aromatic heterocycles. The van der Waals surface area contributed by atoms with Gasteiger partial charge in [0, 0.05) is 24.1 Å². The molecule has 4 heteroatoms. The van der Waals surface area contributed by atoms with Gasteiger partial charge < -0.3 is 9.30 Å². The molecule has 0 aliphatic heterocycles. The molecular weight excluding hydrogens is 240 g/mol. The lowest BCUT2D eigenvalue weighted by Gasteiger charge is -2.20. The van der Waals surface area contributed by atoms with E-state index in [9.17, 15) is 4.79 Å². The number of nitrogens with one attached hydrogen (secondary N) is 1. The van der Waals surface area contributed by atoms with E-state index in [1.54, 1.807) is 0 Å². The molecule has 0 aliphatic rings. The molecule has 1 amide bonds. The highest BCUT2D eigenvalue weighted by molar-refractivity contribution is 6.00. The lowest BCUT2D eigenvalue weighted by atomic mass is 10.1. The number of amides is 1. The summed E-state index contributed by atoms with van der Waals surface area (Å²) in [5, 5.41) is 3.87. The minimum Gasteiger partial charge on any atom is -0.444 e. The van der Waals surface area contributed by atoms with E-state index in [1.807, 2.05) is 63.7 Å². The van der Waals surface area contributed by atoms with Crippen molar-refractivity contribution in [3.05, 3.63) is 30.0 Å². The quantitative estimate of drug-likeness (QED) is 0.846. The Kier molecular flexibility index (Phi) is 3.27. The second kappa shape index (κ2) is 4.61. The van der Waals surface area contributed by atoms with E-state index in [4.69, 9.17) is 4.74 Å². The van der Waals surface area contributed by atoms with Gasteiger partial charge in [0.15, 0.2) is 0 Å². The summed E-state index contributed by atoms with van der Waals surface area (Å²) in [6, 6.07) is 6.04. The summed E-state index contributed by atoms with van der Waals surface area (Å²) in [7, 11) is 1.98. The van der Waals surface area contributed by atoms with Crippen LogP contribution in [0.3, 0.4) is 0 Å². The Hall–Kier alpha value is -1.97. The summed E-state index contributed by atoms with van der Waals surface area (Å²) in [4.78, 5) is 11.9. The van der Waals surface area contributed by atoms with Crippen LogP contribution in [0.25, 0.3) is 10.9 Å². The SMILES string of the molecule is Cc1ccc2c(ccn2C)c1NC(=O)OC(C)(C)C. The fraction of sp³-hybridized carbons (Fsp3) is 0.400. The van der Waals surface area contributed by atoms with Crippen molar-refractivity contribution in [3.8, 4) is 0 Å². The smallest absolute Gasteiger partial charge is 0.412 e. The largest absolute Gasteiger partial charge is 0.444 e. The number of fused-ring (bicyclic) bond motifs is 1. The van der Waals surface area contributed by atoms with E-state index in [2.05, 4.69) is 5.32 Å². The number of hydrogen-bond acceptors (Lipinski definition) is 2. The number of carbonyl (C=O) groups is 1. The highest BCUT2D eigenvalue weighted by atomic mass is 16.6. The van der Waals surface area contributed by atoms with Gasteiger partial charge in [0.25, 0.3) is 0 Å². The molecule has 0 spiro atoms. The summed E-state index contributed by atoms with van der Waals surface area (Å²) in [5.41, 5.74) is 2.41. The number of aromatic nitrogens is 1. The highest BCUT2D eigenvalue weighted by Gasteiger charge is 2.18. The van der Waals surface area contributed by atoms with Crippen LogP contribution in [0.4, 0.5) is 10.5 Å². The molecule has 4 nitrogen and oxygen atoms in total. The number of rotatable bonds is 1. The zero-order valence-corrected chi connectivity index (χ0v) is 12.1. The van der Waals surface area contributed by atoms with E-state index < -0.39 is 11.7 Å². The number of carbonyl (C=O) groups excluding carboxylic acids is 1. The molecule has 0 radical (unpaired) electrons. The minimum atomic E-state index is -0.497. The van der Waals surface area contributed by atoms with Crippen molar-refractivity contribution in [1.29, 1.82) is 0 Å². The van der Waals surface area contributed by atoms with Gasteiger partial charge in [0.1, 0.15) is 5.60 Å². The fourth-order valence-corrected chi connectivity index (χ4v) is 2.03. The Labute approximate surface area is 113 Å². The van der Waals surface area contributed by atoms with Crippen LogP contribution in [0.1, 0.15) is 26.3 Å². The average molecular weight is 260 g/mol. The van der Waals surface area contributed by atoms with Crippen molar-refractivity contribution < 1.29 is 9.53 Å². The van der Waals surface area contributed by atoms with E-state index in [0.29, 0.717) is 0 Å². The molecule has 0 unspecified atom stereocenters. The van der Waals surface area contributed by atoms with Crippen molar-refractivity contribution in [2.45, 2.75) is 33.3 Å². The van der Waals surface area contributed by atoms with Gasteiger partial charge in [-0.1, -0.05) is 6.07 Å². The molecule has 0 bridgehead atoms. The van der Waals surface area contributed by atoms with Gasteiger partial charge in [-0.25, -0.2) is 4.79 Å². The normalized spacial score (nSPS) is 11.6. The second-order valence-electron chi connectivity index (χ2n) is 5.74. The first kappa shape index (κ1) is 13.5. The number of benzene rings is 1. The van der Waals surface area contributed by atoms with E-state index in [-0.39, 0.29) is 0 Å². The van der Waals surface area contributed by atoms with Crippen LogP contribution in [0.15, 0.2) is 24.4 Å². The van der Waals surface area contributed by atoms with E-state index in [0.717, 1.165) is 22.2 Å². The summed E-state index contributed by atoms with van der Waals surface area (Å²) >= 11 is 0. The van der Waals surface area contributed by atoms with Crippen LogP contribution >= 0.6 is 0 Å². The Morgan fingerprint density at radius 3 is 2.58 bits per heavy atom. The third kappa shape index (κ3) is 2.89. The molecule has 0 saturated heterocycles. The summed E-state index contributed by atoms with van der Waals surface area (Å²) in [6.07, 6.45) is 1.55. The predicted molar refractivity (Wildman–Crippen MR) is 77.5 cm³/mol. The topological polar surface area (TPSA) is 43.3 Å². The third-order valence-corrected chi connectivity index (χ3v) is 2.90. The summed E-state index contributed by atoms with van der Waals surface area (Å²) in [6.45, 7) is 7.52. The number of aryl methyl sites for hydroxylation is 2. The molecule has 2 rings (SSSR count). The Balaban J connectivity index is 2.34. The van der Waals surface area contributed by atoms with Crippen LogP contribution in [-0.2, 0) is 11.8 Å². The van der Waals surface area contributed by atoms with Crippen LogP contribution in [0, 0.1) is 6.92 Å². The minimum absolute atomic E-state index is 0.424. The molecule has 0 fully saturated rings. The van der Waals surface area contributed by atoms with Crippen LogP contribution in [-0.4, -0.2) is 16.3 Å². The zero-order valence-electron chi connectivity index (χ0n) is 12.1. The van der Waals surface area contributed by atoms with Crippen molar-refractivity contribution in [2.75, 3.05) is 5.32 Å². The van der Waals surface area contributed by atoms with Crippen molar-refractivity contribution in [1.82, 2.24) is 4.57 Å². The maximum absolute atomic E-state index is 11.9. The zero-order chi connectivity index (χ0) is 14.2. The van der Waals surface area contributed by atoms with Crippen LogP contribution in [0.2, 0.25) is 0 Å². The molecule has 1 heterocycles.